The predicted molar refractivity (Wildman–Crippen MR) is 95.8 cm³/mol. The number of ketones is 1. The fourth-order valence-corrected chi connectivity index (χ4v) is 4.22. The zero-order chi connectivity index (χ0) is 19.8. The summed E-state index contributed by atoms with van der Waals surface area (Å²) in [6.45, 7) is 0. The summed E-state index contributed by atoms with van der Waals surface area (Å²) < 4.78 is 26.0. The molecule has 0 fully saturated rings. The number of Topliss-reactive ketones (excluding diaryl/α,β-unsaturated/α-hetero) is 1. The van der Waals surface area contributed by atoms with E-state index in [0.29, 0.717) is 0 Å². The van der Waals surface area contributed by atoms with Crippen molar-refractivity contribution in [2.75, 3.05) is 19.4 Å². The van der Waals surface area contributed by atoms with Gasteiger partial charge in [-0.1, -0.05) is 18.2 Å². The van der Waals surface area contributed by atoms with Gasteiger partial charge in [0.15, 0.2) is 11.8 Å². The topological polar surface area (TPSA) is 126 Å². The van der Waals surface area contributed by atoms with Crippen LogP contribution in [-0.4, -0.2) is 55.4 Å². The highest BCUT2D eigenvalue weighted by Gasteiger charge is 2.45. The number of hydrogen-bond donors (Lipinski definition) is 2. The molecule has 1 unspecified atom stereocenters. The average molecular weight is 388 g/mol. The molecule has 0 spiro atoms. The molecule has 2 amide bonds. The Balaban J connectivity index is 1.94. The van der Waals surface area contributed by atoms with Crippen molar-refractivity contribution >= 4 is 33.4 Å². The van der Waals surface area contributed by atoms with E-state index in [1.807, 2.05) is 0 Å². The fourth-order valence-electron chi connectivity index (χ4n) is 2.74. The van der Waals surface area contributed by atoms with Gasteiger partial charge in [0.25, 0.3) is 11.8 Å². The minimum absolute atomic E-state index is 0.0264. The maximum atomic E-state index is 12.7. The number of fused-ring (bicyclic) bond motifs is 1. The summed E-state index contributed by atoms with van der Waals surface area (Å²) in [5.41, 5.74) is 0.0272. The molecular weight excluding hydrogens is 372 g/mol. The first-order valence-corrected chi connectivity index (χ1v) is 9.32. The number of carbonyl (C=O) groups is 3. The molecule has 27 heavy (non-hydrogen) atoms. The van der Waals surface area contributed by atoms with Crippen molar-refractivity contribution in [1.82, 2.24) is 14.6 Å². The lowest BCUT2D eigenvalue weighted by Gasteiger charge is -2.30. The molecule has 1 atom stereocenters. The van der Waals surface area contributed by atoms with Crippen molar-refractivity contribution in [3.63, 3.8) is 0 Å². The predicted octanol–water partition coefficient (Wildman–Crippen LogP) is 0.265. The fraction of sp³-hybridized carbons (Fsp3) is 0.176. The van der Waals surface area contributed by atoms with Gasteiger partial charge in [-0.25, -0.2) is 13.4 Å². The number of anilines is 1. The summed E-state index contributed by atoms with van der Waals surface area (Å²) in [5.74, 6) is -1.92. The molecule has 1 aromatic carbocycles. The first-order chi connectivity index (χ1) is 12.8. The van der Waals surface area contributed by atoms with Crippen LogP contribution in [0.4, 0.5) is 5.82 Å². The molecule has 0 aliphatic carbocycles. The van der Waals surface area contributed by atoms with Crippen LogP contribution in [0.5, 0.6) is 0 Å². The number of aromatic nitrogens is 1. The van der Waals surface area contributed by atoms with Gasteiger partial charge < -0.3 is 10.6 Å². The monoisotopic (exact) mass is 388 g/mol. The minimum Gasteiger partial charge on any atom is -0.354 e. The van der Waals surface area contributed by atoms with Crippen molar-refractivity contribution in [1.29, 1.82) is 0 Å². The van der Waals surface area contributed by atoms with Gasteiger partial charge in [0.05, 0.1) is 4.90 Å². The summed E-state index contributed by atoms with van der Waals surface area (Å²) in [6.07, 6.45) is 0. The van der Waals surface area contributed by atoms with Gasteiger partial charge in [-0.2, -0.15) is 4.31 Å². The maximum absolute atomic E-state index is 12.7. The van der Waals surface area contributed by atoms with Gasteiger partial charge in [-0.15, -0.1) is 0 Å². The second-order valence-corrected chi connectivity index (χ2v) is 7.73. The quantitative estimate of drug-likeness (QED) is 0.727. The van der Waals surface area contributed by atoms with Gasteiger partial charge in [0.1, 0.15) is 11.5 Å². The molecular formula is C17H16N4O5S. The number of amides is 2. The van der Waals surface area contributed by atoms with Crippen LogP contribution >= 0.6 is 0 Å². The Labute approximate surface area is 155 Å². The normalized spacial score (nSPS) is 18.4. The highest BCUT2D eigenvalue weighted by molar-refractivity contribution is 7.89. The van der Waals surface area contributed by atoms with Gasteiger partial charge >= 0.3 is 0 Å². The second kappa shape index (κ2) is 6.89. The van der Waals surface area contributed by atoms with Crippen molar-refractivity contribution in [3.8, 4) is 0 Å². The van der Waals surface area contributed by atoms with Crippen molar-refractivity contribution in [2.45, 2.75) is 10.9 Å². The Morgan fingerprint density at radius 2 is 1.81 bits per heavy atom. The molecule has 10 heteroatoms. The van der Waals surface area contributed by atoms with E-state index >= 15 is 0 Å². The molecule has 2 aromatic rings. The van der Waals surface area contributed by atoms with E-state index < -0.39 is 33.7 Å². The SMILES string of the molecule is CNC(=O)c1cccc(NC(=O)C2C(=O)c3ccccc3S(=O)(=O)N2C)n1. The van der Waals surface area contributed by atoms with E-state index in [1.54, 1.807) is 0 Å². The Morgan fingerprint density at radius 1 is 1.11 bits per heavy atom. The number of nitrogens with zero attached hydrogens (tertiary/aromatic N) is 2. The number of likely N-dealkylation sites (N-methyl/N-ethyl adjacent to an activating group) is 1. The molecule has 2 heterocycles. The Hall–Kier alpha value is -3.11. The van der Waals surface area contributed by atoms with E-state index in [9.17, 15) is 22.8 Å². The molecule has 0 radical (unpaired) electrons. The van der Waals surface area contributed by atoms with E-state index in [4.69, 9.17) is 0 Å². The number of sulfonamides is 1. The van der Waals surface area contributed by atoms with Gasteiger partial charge in [-0.3, -0.25) is 14.4 Å². The number of carbonyl (C=O) groups excluding carboxylic acids is 3. The highest BCUT2D eigenvalue weighted by Crippen LogP contribution is 2.29. The lowest BCUT2D eigenvalue weighted by atomic mass is 10.0. The highest BCUT2D eigenvalue weighted by atomic mass is 32.2. The average Bonchev–Trinajstić information content (AvgIpc) is 2.66. The third kappa shape index (κ3) is 3.20. The van der Waals surface area contributed by atoms with Crippen LogP contribution < -0.4 is 10.6 Å². The molecule has 9 nitrogen and oxygen atoms in total. The third-order valence-corrected chi connectivity index (χ3v) is 6.01. The molecule has 1 aliphatic heterocycles. The number of pyridine rings is 1. The van der Waals surface area contributed by atoms with Crippen LogP contribution in [0.15, 0.2) is 47.4 Å². The van der Waals surface area contributed by atoms with Gasteiger partial charge in [0, 0.05) is 19.7 Å². The number of hydrogen-bond acceptors (Lipinski definition) is 6. The van der Waals surface area contributed by atoms with Crippen LogP contribution in [0.1, 0.15) is 20.8 Å². The largest absolute Gasteiger partial charge is 0.354 e. The summed E-state index contributed by atoms with van der Waals surface area (Å²) in [7, 11) is -1.39. The van der Waals surface area contributed by atoms with E-state index in [0.717, 1.165) is 4.31 Å². The molecule has 1 aromatic heterocycles. The minimum atomic E-state index is -4.00. The van der Waals surface area contributed by atoms with Crippen LogP contribution in [-0.2, 0) is 14.8 Å². The van der Waals surface area contributed by atoms with Crippen molar-refractivity contribution in [2.24, 2.45) is 0 Å². The zero-order valence-corrected chi connectivity index (χ0v) is 15.3. The van der Waals surface area contributed by atoms with E-state index in [2.05, 4.69) is 15.6 Å². The summed E-state index contributed by atoms with van der Waals surface area (Å²) >= 11 is 0. The van der Waals surface area contributed by atoms with Crippen molar-refractivity contribution in [3.05, 3.63) is 53.7 Å². The Kier molecular flexibility index (Phi) is 4.77. The maximum Gasteiger partial charge on any atom is 0.269 e. The lowest BCUT2D eigenvalue weighted by Crippen LogP contribution is -2.53. The van der Waals surface area contributed by atoms with Crippen LogP contribution in [0.3, 0.4) is 0 Å². The summed E-state index contributed by atoms with van der Waals surface area (Å²) in [4.78, 5) is 40.9. The first kappa shape index (κ1) is 18.7. The third-order valence-electron chi connectivity index (χ3n) is 4.13. The van der Waals surface area contributed by atoms with E-state index in [1.165, 1.54) is 56.6 Å². The lowest BCUT2D eigenvalue weighted by molar-refractivity contribution is -0.118. The van der Waals surface area contributed by atoms with E-state index in [-0.39, 0.29) is 22.0 Å². The van der Waals surface area contributed by atoms with Crippen LogP contribution in [0.2, 0.25) is 0 Å². The number of rotatable bonds is 3. The smallest absolute Gasteiger partial charge is 0.269 e. The van der Waals surface area contributed by atoms with Crippen LogP contribution in [0.25, 0.3) is 0 Å². The molecule has 1 aliphatic rings. The number of benzene rings is 1. The second-order valence-electron chi connectivity index (χ2n) is 5.76. The summed E-state index contributed by atoms with van der Waals surface area (Å²) in [5, 5.41) is 4.81. The van der Waals surface area contributed by atoms with Crippen molar-refractivity contribution < 1.29 is 22.8 Å². The molecule has 0 bridgehead atoms. The number of nitrogens with one attached hydrogen (secondary N) is 2. The summed E-state index contributed by atoms with van der Waals surface area (Å²) in [6, 6.07) is 8.54. The van der Waals surface area contributed by atoms with Crippen LogP contribution in [0, 0.1) is 0 Å². The Morgan fingerprint density at radius 3 is 2.52 bits per heavy atom. The molecule has 140 valence electrons. The molecule has 0 saturated carbocycles. The van der Waals surface area contributed by atoms with Gasteiger partial charge in [-0.05, 0) is 24.3 Å². The molecule has 0 saturated heterocycles. The molecule has 2 N–H and O–H groups in total. The zero-order valence-electron chi connectivity index (χ0n) is 14.5. The first-order valence-electron chi connectivity index (χ1n) is 7.88. The standard InChI is InChI=1S/C17H16N4O5S/c1-18-16(23)11-7-5-9-13(19-11)20-17(24)14-15(22)10-6-3-4-8-12(10)27(25,26)21(14)2/h3-9,14H,1-2H3,(H,18,23)(H,19,20,24). The Bertz CT molecular complexity index is 1050. The molecule has 3 rings (SSSR count). The van der Waals surface area contributed by atoms with Gasteiger partial charge in [0.2, 0.25) is 10.0 Å².